The third-order valence-corrected chi connectivity index (χ3v) is 3.09. The Balaban J connectivity index is 2.05. The lowest BCUT2D eigenvalue weighted by atomic mass is 10.1. The van der Waals surface area contributed by atoms with Crippen molar-refractivity contribution in [3.63, 3.8) is 0 Å². The third-order valence-electron chi connectivity index (χ3n) is 3.09. The topological polar surface area (TPSA) is 53.7 Å². The van der Waals surface area contributed by atoms with Crippen molar-refractivity contribution in [1.82, 2.24) is 4.90 Å². The van der Waals surface area contributed by atoms with E-state index in [1.807, 2.05) is 17.0 Å². The lowest BCUT2D eigenvalue weighted by molar-refractivity contribution is -0.143. The summed E-state index contributed by atoms with van der Waals surface area (Å²) < 4.78 is 5.27. The molecule has 16 heavy (non-hydrogen) atoms. The van der Waals surface area contributed by atoms with Crippen LogP contribution in [0.4, 0.5) is 0 Å². The van der Waals surface area contributed by atoms with Gasteiger partial charge >= 0.3 is 5.97 Å². The van der Waals surface area contributed by atoms with Gasteiger partial charge in [0.15, 0.2) is 0 Å². The molecule has 1 saturated heterocycles. The minimum atomic E-state index is -0.714. The van der Waals surface area contributed by atoms with E-state index in [4.69, 9.17) is 4.42 Å². The van der Waals surface area contributed by atoms with Gasteiger partial charge in [0.2, 0.25) is 0 Å². The molecule has 1 aliphatic heterocycles. The number of aliphatic carboxylic acids is 1. The molecule has 0 amide bonds. The molecule has 1 aromatic rings. The van der Waals surface area contributed by atoms with Crippen LogP contribution in [0, 0.1) is 0 Å². The predicted molar refractivity (Wildman–Crippen MR) is 59.0 cm³/mol. The van der Waals surface area contributed by atoms with Gasteiger partial charge in [0.05, 0.1) is 12.8 Å². The van der Waals surface area contributed by atoms with Crippen molar-refractivity contribution in [2.45, 2.75) is 38.3 Å². The molecular formula is C12H17NO3. The Hall–Kier alpha value is -1.29. The Morgan fingerprint density at radius 2 is 2.38 bits per heavy atom. The fourth-order valence-corrected chi connectivity index (χ4v) is 2.24. The molecule has 0 bridgehead atoms. The number of rotatable bonds is 3. The Bertz CT molecular complexity index is 334. The van der Waals surface area contributed by atoms with E-state index >= 15 is 0 Å². The number of likely N-dealkylation sites (tertiary alicyclic amines) is 1. The molecule has 0 radical (unpaired) electrons. The quantitative estimate of drug-likeness (QED) is 0.852. The lowest BCUT2D eigenvalue weighted by Gasteiger charge is -2.25. The van der Waals surface area contributed by atoms with E-state index in [1.165, 1.54) is 0 Å². The fourth-order valence-electron chi connectivity index (χ4n) is 2.24. The summed E-state index contributed by atoms with van der Waals surface area (Å²) in [5, 5.41) is 9.19. The summed E-state index contributed by atoms with van der Waals surface area (Å²) in [7, 11) is 0. The van der Waals surface area contributed by atoms with E-state index in [1.54, 1.807) is 6.26 Å². The number of nitrogens with zero attached hydrogens (tertiary/aromatic N) is 1. The number of carboxylic acid groups (broad SMARTS) is 1. The van der Waals surface area contributed by atoms with Crippen LogP contribution in [0.1, 0.15) is 31.4 Å². The SMILES string of the molecule is O=C(O)C1CCCCCN1Cc1ccco1. The van der Waals surface area contributed by atoms with Crippen molar-refractivity contribution >= 4 is 5.97 Å². The van der Waals surface area contributed by atoms with Gasteiger partial charge < -0.3 is 9.52 Å². The molecule has 4 heteroatoms. The van der Waals surface area contributed by atoms with E-state index in [0.29, 0.717) is 6.54 Å². The van der Waals surface area contributed by atoms with Gasteiger partial charge in [0.25, 0.3) is 0 Å². The third kappa shape index (κ3) is 2.64. The molecule has 4 nitrogen and oxygen atoms in total. The van der Waals surface area contributed by atoms with Crippen molar-refractivity contribution < 1.29 is 14.3 Å². The number of carbonyl (C=O) groups is 1. The molecule has 0 aromatic carbocycles. The van der Waals surface area contributed by atoms with Gasteiger partial charge in [-0.05, 0) is 31.5 Å². The molecule has 1 atom stereocenters. The van der Waals surface area contributed by atoms with E-state index in [2.05, 4.69) is 0 Å². The molecular weight excluding hydrogens is 206 g/mol. The molecule has 88 valence electrons. The van der Waals surface area contributed by atoms with Crippen LogP contribution in [0.2, 0.25) is 0 Å². The monoisotopic (exact) mass is 223 g/mol. The average molecular weight is 223 g/mol. The lowest BCUT2D eigenvalue weighted by Crippen LogP contribution is -2.40. The van der Waals surface area contributed by atoms with Crippen LogP contribution in [0.3, 0.4) is 0 Å². The molecule has 0 saturated carbocycles. The summed E-state index contributed by atoms with van der Waals surface area (Å²) in [6.45, 7) is 1.45. The second kappa shape index (κ2) is 5.16. The molecule has 0 spiro atoms. The van der Waals surface area contributed by atoms with Crippen molar-refractivity contribution in [3.05, 3.63) is 24.2 Å². The van der Waals surface area contributed by atoms with Crippen LogP contribution < -0.4 is 0 Å². The Morgan fingerprint density at radius 1 is 1.50 bits per heavy atom. The molecule has 2 rings (SSSR count). The predicted octanol–water partition coefficient (Wildman–Crippen LogP) is 2.11. The maximum absolute atomic E-state index is 11.2. The van der Waals surface area contributed by atoms with Crippen LogP contribution in [-0.4, -0.2) is 28.6 Å². The Morgan fingerprint density at radius 3 is 3.06 bits per heavy atom. The van der Waals surface area contributed by atoms with Gasteiger partial charge in [-0.25, -0.2) is 0 Å². The first-order chi connectivity index (χ1) is 7.77. The summed E-state index contributed by atoms with van der Waals surface area (Å²) in [5.74, 6) is 0.126. The molecule has 1 fully saturated rings. The Labute approximate surface area is 94.9 Å². The highest BCUT2D eigenvalue weighted by atomic mass is 16.4. The van der Waals surface area contributed by atoms with Gasteiger partial charge in [-0.3, -0.25) is 9.69 Å². The first-order valence-corrected chi connectivity index (χ1v) is 5.76. The molecule has 1 unspecified atom stereocenters. The van der Waals surface area contributed by atoms with Crippen molar-refractivity contribution in [3.8, 4) is 0 Å². The summed E-state index contributed by atoms with van der Waals surface area (Å²) >= 11 is 0. The zero-order valence-corrected chi connectivity index (χ0v) is 9.26. The van der Waals surface area contributed by atoms with E-state index in [9.17, 15) is 9.90 Å². The molecule has 1 N–H and O–H groups in total. The van der Waals surface area contributed by atoms with Crippen molar-refractivity contribution in [1.29, 1.82) is 0 Å². The maximum Gasteiger partial charge on any atom is 0.320 e. The van der Waals surface area contributed by atoms with Crippen LogP contribution in [0.15, 0.2) is 22.8 Å². The largest absolute Gasteiger partial charge is 0.480 e. The zero-order valence-electron chi connectivity index (χ0n) is 9.26. The van der Waals surface area contributed by atoms with Gasteiger partial charge in [-0.1, -0.05) is 12.8 Å². The van der Waals surface area contributed by atoms with Crippen LogP contribution in [0.25, 0.3) is 0 Å². The summed E-state index contributed by atoms with van der Waals surface area (Å²) in [4.78, 5) is 13.2. The van der Waals surface area contributed by atoms with E-state index in [-0.39, 0.29) is 6.04 Å². The first-order valence-electron chi connectivity index (χ1n) is 5.76. The first kappa shape index (κ1) is 11.2. The normalized spacial score (nSPS) is 22.9. The number of furan rings is 1. The van der Waals surface area contributed by atoms with Crippen LogP contribution >= 0.6 is 0 Å². The second-order valence-corrected chi connectivity index (χ2v) is 4.25. The minimum Gasteiger partial charge on any atom is -0.480 e. The molecule has 2 heterocycles. The highest BCUT2D eigenvalue weighted by molar-refractivity contribution is 5.73. The second-order valence-electron chi connectivity index (χ2n) is 4.25. The molecule has 0 aliphatic carbocycles. The highest BCUT2D eigenvalue weighted by Gasteiger charge is 2.27. The minimum absolute atomic E-state index is 0.354. The summed E-state index contributed by atoms with van der Waals surface area (Å²) in [5.41, 5.74) is 0. The van der Waals surface area contributed by atoms with Gasteiger partial charge in [0.1, 0.15) is 11.8 Å². The number of hydrogen-bond acceptors (Lipinski definition) is 3. The average Bonchev–Trinajstić information content (AvgIpc) is 2.63. The zero-order chi connectivity index (χ0) is 11.4. The van der Waals surface area contributed by atoms with Crippen LogP contribution in [-0.2, 0) is 11.3 Å². The number of carboxylic acids is 1. The van der Waals surface area contributed by atoms with Gasteiger partial charge in [0, 0.05) is 0 Å². The molecule has 1 aliphatic rings. The Kier molecular flexibility index (Phi) is 3.62. The maximum atomic E-state index is 11.2. The van der Waals surface area contributed by atoms with Crippen molar-refractivity contribution in [2.24, 2.45) is 0 Å². The fraction of sp³-hybridized carbons (Fsp3) is 0.583. The van der Waals surface area contributed by atoms with Gasteiger partial charge in [-0.15, -0.1) is 0 Å². The summed E-state index contributed by atoms with van der Waals surface area (Å²) in [6.07, 6.45) is 5.58. The molecule has 1 aromatic heterocycles. The summed E-state index contributed by atoms with van der Waals surface area (Å²) in [6, 6.07) is 3.37. The van der Waals surface area contributed by atoms with Gasteiger partial charge in [-0.2, -0.15) is 0 Å². The smallest absolute Gasteiger partial charge is 0.320 e. The standard InChI is InChI=1S/C12H17NO3/c14-12(15)11-6-2-1-3-7-13(11)9-10-5-4-8-16-10/h4-5,8,11H,1-3,6-7,9H2,(H,14,15). The van der Waals surface area contributed by atoms with Crippen molar-refractivity contribution in [2.75, 3.05) is 6.54 Å². The van der Waals surface area contributed by atoms with E-state index < -0.39 is 5.97 Å². The number of hydrogen-bond donors (Lipinski definition) is 1. The van der Waals surface area contributed by atoms with E-state index in [0.717, 1.165) is 38.0 Å². The highest BCUT2D eigenvalue weighted by Crippen LogP contribution is 2.19. The van der Waals surface area contributed by atoms with Crippen LogP contribution in [0.5, 0.6) is 0 Å².